The number of carbonyl (C=O) groups is 2. The standard InChI is InChI=1S/C14H19NO4/c1-10-6-11(2)8-12(7-10)19-9-13(16)15-5-4-14(17)18-3/h6-8H,4-5,9H2,1-3H3,(H,15,16). The Kier molecular flexibility index (Phi) is 5.85. The molecule has 0 aliphatic heterocycles. The first-order valence-corrected chi connectivity index (χ1v) is 6.06. The zero-order valence-corrected chi connectivity index (χ0v) is 11.5. The molecule has 19 heavy (non-hydrogen) atoms. The van der Waals surface area contributed by atoms with Gasteiger partial charge in [0.1, 0.15) is 5.75 Å². The molecule has 1 N–H and O–H groups in total. The highest BCUT2D eigenvalue weighted by atomic mass is 16.5. The predicted molar refractivity (Wildman–Crippen MR) is 71.1 cm³/mol. The fourth-order valence-electron chi connectivity index (χ4n) is 1.62. The quantitative estimate of drug-likeness (QED) is 0.789. The zero-order chi connectivity index (χ0) is 14.3. The number of ether oxygens (including phenoxy) is 2. The van der Waals surface area contributed by atoms with E-state index >= 15 is 0 Å². The SMILES string of the molecule is COC(=O)CCNC(=O)COc1cc(C)cc(C)c1. The molecule has 5 heteroatoms. The van der Waals surface area contributed by atoms with Crippen LogP contribution in [0.3, 0.4) is 0 Å². The largest absolute Gasteiger partial charge is 0.484 e. The maximum atomic E-state index is 11.5. The number of benzene rings is 1. The van der Waals surface area contributed by atoms with E-state index in [9.17, 15) is 9.59 Å². The molecule has 0 fully saturated rings. The first-order valence-electron chi connectivity index (χ1n) is 6.06. The minimum Gasteiger partial charge on any atom is -0.484 e. The molecular weight excluding hydrogens is 246 g/mol. The van der Waals surface area contributed by atoms with Crippen molar-refractivity contribution >= 4 is 11.9 Å². The van der Waals surface area contributed by atoms with Gasteiger partial charge in [-0.2, -0.15) is 0 Å². The Bertz CT molecular complexity index is 437. The van der Waals surface area contributed by atoms with Crippen molar-refractivity contribution < 1.29 is 19.1 Å². The highest BCUT2D eigenvalue weighted by Gasteiger charge is 2.05. The number of methoxy groups -OCH3 is 1. The highest BCUT2D eigenvalue weighted by molar-refractivity contribution is 5.78. The van der Waals surface area contributed by atoms with Crippen molar-refractivity contribution in [3.63, 3.8) is 0 Å². The highest BCUT2D eigenvalue weighted by Crippen LogP contribution is 2.15. The van der Waals surface area contributed by atoms with Gasteiger partial charge in [-0.15, -0.1) is 0 Å². The van der Waals surface area contributed by atoms with E-state index in [-0.39, 0.29) is 31.4 Å². The normalized spacial score (nSPS) is 9.84. The fraction of sp³-hybridized carbons (Fsp3) is 0.429. The molecule has 104 valence electrons. The van der Waals surface area contributed by atoms with Gasteiger partial charge in [-0.1, -0.05) is 6.07 Å². The Morgan fingerprint density at radius 3 is 2.37 bits per heavy atom. The summed E-state index contributed by atoms with van der Waals surface area (Å²) in [7, 11) is 1.31. The smallest absolute Gasteiger partial charge is 0.307 e. The molecule has 0 aromatic heterocycles. The van der Waals surface area contributed by atoms with E-state index in [2.05, 4.69) is 10.1 Å². The second kappa shape index (κ2) is 7.41. The Hall–Kier alpha value is -2.04. The van der Waals surface area contributed by atoms with Crippen LogP contribution in [0.2, 0.25) is 0 Å². The first-order chi connectivity index (χ1) is 9.01. The van der Waals surface area contributed by atoms with Crippen LogP contribution in [0.5, 0.6) is 5.75 Å². The lowest BCUT2D eigenvalue weighted by atomic mass is 10.1. The number of esters is 1. The lowest BCUT2D eigenvalue weighted by Crippen LogP contribution is -2.30. The van der Waals surface area contributed by atoms with E-state index in [4.69, 9.17) is 4.74 Å². The molecule has 0 saturated heterocycles. The van der Waals surface area contributed by atoms with Gasteiger partial charge < -0.3 is 14.8 Å². The molecule has 5 nitrogen and oxygen atoms in total. The third kappa shape index (κ3) is 5.90. The van der Waals surface area contributed by atoms with Crippen molar-refractivity contribution in [1.82, 2.24) is 5.32 Å². The van der Waals surface area contributed by atoms with Crippen LogP contribution in [0.25, 0.3) is 0 Å². The van der Waals surface area contributed by atoms with E-state index < -0.39 is 0 Å². The number of carbonyl (C=O) groups excluding carboxylic acids is 2. The monoisotopic (exact) mass is 265 g/mol. The molecule has 1 aromatic rings. The summed E-state index contributed by atoms with van der Waals surface area (Å²) in [6.07, 6.45) is 0.159. The van der Waals surface area contributed by atoms with Crippen LogP contribution in [0, 0.1) is 13.8 Å². The summed E-state index contributed by atoms with van der Waals surface area (Å²) in [6, 6.07) is 5.77. The molecule has 0 bridgehead atoms. The van der Waals surface area contributed by atoms with Gasteiger partial charge in [-0.3, -0.25) is 9.59 Å². The molecule has 0 aliphatic carbocycles. The average Bonchev–Trinajstić information content (AvgIpc) is 2.35. The molecule has 0 unspecified atom stereocenters. The van der Waals surface area contributed by atoms with Crippen molar-refractivity contribution in [2.45, 2.75) is 20.3 Å². The van der Waals surface area contributed by atoms with Gasteiger partial charge in [-0.25, -0.2) is 0 Å². The summed E-state index contributed by atoms with van der Waals surface area (Å²) in [4.78, 5) is 22.3. The summed E-state index contributed by atoms with van der Waals surface area (Å²) >= 11 is 0. The molecule has 1 aromatic carbocycles. The summed E-state index contributed by atoms with van der Waals surface area (Å²) < 4.78 is 9.85. The van der Waals surface area contributed by atoms with Crippen LogP contribution in [0.1, 0.15) is 17.5 Å². The van der Waals surface area contributed by atoms with Crippen LogP contribution in [0.15, 0.2) is 18.2 Å². The maximum absolute atomic E-state index is 11.5. The molecule has 0 radical (unpaired) electrons. The summed E-state index contributed by atoms with van der Waals surface area (Å²) in [5.41, 5.74) is 2.17. The molecule has 0 atom stereocenters. The Balaban J connectivity index is 2.31. The van der Waals surface area contributed by atoms with Crippen LogP contribution >= 0.6 is 0 Å². The second-order valence-corrected chi connectivity index (χ2v) is 4.29. The summed E-state index contributed by atoms with van der Waals surface area (Å²) in [5.74, 6) is 0.0548. The van der Waals surface area contributed by atoms with Gasteiger partial charge in [0.2, 0.25) is 0 Å². The third-order valence-corrected chi connectivity index (χ3v) is 2.44. The van der Waals surface area contributed by atoms with E-state index in [1.54, 1.807) is 0 Å². The van der Waals surface area contributed by atoms with Gasteiger partial charge >= 0.3 is 5.97 Å². The van der Waals surface area contributed by atoms with Crippen molar-refractivity contribution in [1.29, 1.82) is 0 Å². The second-order valence-electron chi connectivity index (χ2n) is 4.29. The molecule has 0 saturated carbocycles. The molecule has 1 rings (SSSR count). The number of nitrogens with one attached hydrogen (secondary N) is 1. The van der Waals surface area contributed by atoms with E-state index in [0.717, 1.165) is 11.1 Å². The summed E-state index contributed by atoms with van der Waals surface area (Å²) in [6.45, 7) is 4.12. The fourth-order valence-corrected chi connectivity index (χ4v) is 1.62. The van der Waals surface area contributed by atoms with Crippen molar-refractivity contribution in [3.05, 3.63) is 29.3 Å². The minimum atomic E-state index is -0.351. The van der Waals surface area contributed by atoms with Crippen LogP contribution in [-0.4, -0.2) is 32.1 Å². The number of aryl methyl sites for hydroxylation is 2. The Morgan fingerprint density at radius 1 is 1.16 bits per heavy atom. The van der Waals surface area contributed by atoms with Gasteiger partial charge in [-0.05, 0) is 37.1 Å². The predicted octanol–water partition coefficient (Wildman–Crippen LogP) is 1.36. The van der Waals surface area contributed by atoms with E-state index in [0.29, 0.717) is 5.75 Å². The topological polar surface area (TPSA) is 64.6 Å². The van der Waals surface area contributed by atoms with Gasteiger partial charge in [0.25, 0.3) is 5.91 Å². The number of hydrogen-bond donors (Lipinski definition) is 1. The molecule has 0 heterocycles. The molecule has 0 spiro atoms. The number of hydrogen-bond acceptors (Lipinski definition) is 4. The summed E-state index contributed by atoms with van der Waals surface area (Å²) in [5, 5.41) is 2.58. The maximum Gasteiger partial charge on any atom is 0.307 e. The van der Waals surface area contributed by atoms with Crippen LogP contribution in [-0.2, 0) is 14.3 Å². The van der Waals surface area contributed by atoms with Gasteiger partial charge in [0.15, 0.2) is 6.61 Å². The van der Waals surface area contributed by atoms with E-state index in [1.807, 2.05) is 32.0 Å². The molecule has 1 amide bonds. The van der Waals surface area contributed by atoms with Gasteiger partial charge in [0.05, 0.1) is 13.5 Å². The number of amides is 1. The van der Waals surface area contributed by atoms with E-state index in [1.165, 1.54) is 7.11 Å². The average molecular weight is 265 g/mol. The molecular formula is C14H19NO4. The third-order valence-electron chi connectivity index (χ3n) is 2.44. The Labute approximate surface area is 112 Å². The van der Waals surface area contributed by atoms with Gasteiger partial charge in [0, 0.05) is 6.54 Å². The Morgan fingerprint density at radius 2 is 1.79 bits per heavy atom. The van der Waals surface area contributed by atoms with Crippen molar-refractivity contribution in [2.75, 3.05) is 20.3 Å². The van der Waals surface area contributed by atoms with Crippen LogP contribution in [0.4, 0.5) is 0 Å². The first kappa shape index (κ1) is 15.0. The van der Waals surface area contributed by atoms with Crippen molar-refractivity contribution in [2.24, 2.45) is 0 Å². The molecule has 0 aliphatic rings. The minimum absolute atomic E-state index is 0.0654. The lowest BCUT2D eigenvalue weighted by molar-refractivity contribution is -0.140. The van der Waals surface area contributed by atoms with Crippen LogP contribution < -0.4 is 10.1 Å². The lowest BCUT2D eigenvalue weighted by Gasteiger charge is -2.08. The van der Waals surface area contributed by atoms with Crippen molar-refractivity contribution in [3.8, 4) is 5.75 Å². The zero-order valence-electron chi connectivity index (χ0n) is 11.5. The number of rotatable bonds is 6.